The normalized spacial score (nSPS) is 20.1. The molecule has 2 aliphatic rings. The molecular weight excluding hydrogens is 494 g/mol. The Morgan fingerprint density at radius 1 is 0.868 bits per heavy atom. The molecule has 4 aromatic rings. The summed E-state index contributed by atoms with van der Waals surface area (Å²) in [6, 6.07) is 16.3. The fourth-order valence-corrected chi connectivity index (χ4v) is 6.78. The van der Waals surface area contributed by atoms with Crippen molar-refractivity contribution in [2.45, 2.75) is 64.0 Å². The maximum Gasteiger partial charge on any atom is 0.229 e. The Bertz CT molecular complexity index is 1460. The summed E-state index contributed by atoms with van der Waals surface area (Å²) < 4.78 is 0.956. The van der Waals surface area contributed by atoms with Crippen molar-refractivity contribution in [2.24, 2.45) is 11.8 Å². The summed E-state index contributed by atoms with van der Waals surface area (Å²) in [5.41, 5.74) is 3.86. The fourth-order valence-electron chi connectivity index (χ4n) is 5.87. The highest BCUT2D eigenvalue weighted by Crippen LogP contribution is 2.32. The molecule has 196 valence electrons. The number of carbonyl (C=O) groups is 2. The number of amides is 2. The molecule has 2 aromatic heterocycles. The van der Waals surface area contributed by atoms with E-state index in [0.717, 1.165) is 79.3 Å². The minimum Gasteiger partial charge on any atom is -0.326 e. The van der Waals surface area contributed by atoms with Crippen molar-refractivity contribution in [2.75, 3.05) is 10.6 Å². The lowest BCUT2D eigenvalue weighted by Gasteiger charge is -2.29. The van der Waals surface area contributed by atoms with Gasteiger partial charge in [0.15, 0.2) is 5.13 Å². The van der Waals surface area contributed by atoms with Gasteiger partial charge >= 0.3 is 0 Å². The highest BCUT2D eigenvalue weighted by molar-refractivity contribution is 7.22. The number of benzene rings is 2. The van der Waals surface area contributed by atoms with Crippen molar-refractivity contribution in [1.82, 2.24) is 15.3 Å². The average molecular weight is 528 g/mol. The van der Waals surface area contributed by atoms with Crippen LogP contribution < -0.4 is 16.0 Å². The summed E-state index contributed by atoms with van der Waals surface area (Å²) >= 11 is 1.46. The van der Waals surface area contributed by atoms with Crippen LogP contribution in [-0.2, 0) is 16.1 Å². The third-order valence-corrected chi connectivity index (χ3v) is 8.91. The number of hydrogen-bond acceptors (Lipinski definition) is 6. The maximum atomic E-state index is 13.2. The van der Waals surface area contributed by atoms with Crippen LogP contribution in [0.4, 0.5) is 10.8 Å². The highest BCUT2D eigenvalue weighted by Gasteiger charge is 2.28. The standard InChI is InChI=1S/C30H33N5O2S/c36-28(19-6-1-2-7-19)33-23-12-13-26-27(17-23)38-30(34-26)35-29(37)20-8-5-9-22(16-20)32-18-21-14-15-31-25-11-4-3-10-24(21)25/h3-4,10-15,17,19-20,22,32H,1-2,5-9,16,18H2,(H,33,36)(H,34,35,37)/t20-,22+/m1/s1. The Morgan fingerprint density at radius 3 is 2.58 bits per heavy atom. The molecule has 6 rings (SSSR count). The number of fused-ring (bicyclic) bond motifs is 2. The Kier molecular flexibility index (Phi) is 7.33. The van der Waals surface area contributed by atoms with Crippen molar-refractivity contribution < 1.29 is 9.59 Å². The van der Waals surface area contributed by atoms with Crippen LogP contribution in [0, 0.1) is 11.8 Å². The van der Waals surface area contributed by atoms with Crippen molar-refractivity contribution in [3.63, 3.8) is 0 Å². The number of anilines is 2. The van der Waals surface area contributed by atoms with Gasteiger partial charge in [0, 0.05) is 41.7 Å². The molecule has 0 bridgehead atoms. The monoisotopic (exact) mass is 527 g/mol. The van der Waals surface area contributed by atoms with Crippen molar-refractivity contribution in [3.8, 4) is 0 Å². The van der Waals surface area contributed by atoms with Gasteiger partial charge in [0.25, 0.3) is 0 Å². The summed E-state index contributed by atoms with van der Waals surface area (Å²) in [5.74, 6) is 0.237. The number of thiazole rings is 1. The number of carbonyl (C=O) groups excluding carboxylic acids is 2. The van der Waals surface area contributed by atoms with Gasteiger partial charge in [0.05, 0.1) is 15.7 Å². The molecule has 38 heavy (non-hydrogen) atoms. The average Bonchev–Trinajstić information content (AvgIpc) is 3.62. The van der Waals surface area contributed by atoms with E-state index in [2.05, 4.69) is 38.1 Å². The summed E-state index contributed by atoms with van der Waals surface area (Å²) in [6.07, 6.45) is 9.89. The van der Waals surface area contributed by atoms with E-state index in [1.54, 1.807) is 0 Å². The zero-order valence-electron chi connectivity index (χ0n) is 21.4. The highest BCUT2D eigenvalue weighted by atomic mass is 32.1. The van der Waals surface area contributed by atoms with Gasteiger partial charge in [-0.3, -0.25) is 14.6 Å². The molecule has 2 atom stereocenters. The largest absolute Gasteiger partial charge is 0.326 e. The second-order valence-corrected chi connectivity index (χ2v) is 11.6. The molecule has 2 heterocycles. The number of nitrogens with zero attached hydrogens (tertiary/aromatic N) is 2. The third-order valence-electron chi connectivity index (χ3n) is 7.98. The third kappa shape index (κ3) is 5.56. The molecular formula is C30H33N5O2S. The predicted molar refractivity (Wildman–Crippen MR) is 153 cm³/mol. The fraction of sp³-hybridized carbons (Fsp3) is 0.400. The van der Waals surface area contributed by atoms with E-state index in [4.69, 9.17) is 0 Å². The van der Waals surface area contributed by atoms with Crippen LogP contribution in [0.1, 0.15) is 56.9 Å². The number of para-hydroxylation sites is 1. The second kappa shape index (κ2) is 11.2. The van der Waals surface area contributed by atoms with Crippen LogP contribution in [0.25, 0.3) is 21.1 Å². The van der Waals surface area contributed by atoms with Crippen LogP contribution in [-0.4, -0.2) is 27.8 Å². The molecule has 2 fully saturated rings. The topological polar surface area (TPSA) is 96.0 Å². The van der Waals surface area contributed by atoms with Crippen LogP contribution in [0.3, 0.4) is 0 Å². The molecule has 3 N–H and O–H groups in total. The van der Waals surface area contributed by atoms with E-state index >= 15 is 0 Å². The molecule has 2 aromatic carbocycles. The van der Waals surface area contributed by atoms with Gasteiger partial charge in [-0.25, -0.2) is 4.98 Å². The van der Waals surface area contributed by atoms with E-state index in [1.165, 1.54) is 22.3 Å². The summed E-state index contributed by atoms with van der Waals surface area (Å²) in [6.45, 7) is 0.763. The first-order valence-electron chi connectivity index (χ1n) is 13.7. The van der Waals surface area contributed by atoms with Gasteiger partial charge < -0.3 is 16.0 Å². The molecule has 0 spiro atoms. The molecule has 2 amide bonds. The molecule has 0 saturated heterocycles. The van der Waals surface area contributed by atoms with E-state index in [0.29, 0.717) is 11.2 Å². The van der Waals surface area contributed by atoms with E-state index in [1.807, 2.05) is 42.6 Å². The summed E-state index contributed by atoms with van der Waals surface area (Å²) in [7, 11) is 0. The minimum atomic E-state index is -0.0382. The van der Waals surface area contributed by atoms with Gasteiger partial charge in [-0.1, -0.05) is 48.8 Å². The van der Waals surface area contributed by atoms with Gasteiger partial charge in [-0.05, 0) is 68.0 Å². The lowest BCUT2D eigenvalue weighted by molar-refractivity contribution is -0.121. The zero-order valence-corrected chi connectivity index (χ0v) is 22.2. The van der Waals surface area contributed by atoms with E-state index < -0.39 is 0 Å². The lowest BCUT2D eigenvalue weighted by atomic mass is 9.85. The van der Waals surface area contributed by atoms with Gasteiger partial charge in [-0.15, -0.1) is 0 Å². The molecule has 0 unspecified atom stereocenters. The maximum absolute atomic E-state index is 13.2. The Balaban J connectivity index is 1.06. The van der Waals surface area contributed by atoms with E-state index in [9.17, 15) is 9.59 Å². The summed E-state index contributed by atoms with van der Waals surface area (Å²) in [4.78, 5) is 34.7. The molecule has 0 radical (unpaired) electrons. The van der Waals surface area contributed by atoms with Crippen LogP contribution in [0.15, 0.2) is 54.7 Å². The Labute approximate surface area is 226 Å². The minimum absolute atomic E-state index is 0.0382. The lowest BCUT2D eigenvalue weighted by Crippen LogP contribution is -2.37. The molecule has 2 saturated carbocycles. The number of pyridine rings is 1. The number of rotatable bonds is 7. The van der Waals surface area contributed by atoms with Crippen molar-refractivity contribution in [3.05, 3.63) is 60.3 Å². The zero-order chi connectivity index (χ0) is 25.9. The van der Waals surface area contributed by atoms with Gasteiger partial charge in [-0.2, -0.15) is 0 Å². The van der Waals surface area contributed by atoms with Crippen molar-refractivity contribution in [1.29, 1.82) is 0 Å². The molecule has 0 aliphatic heterocycles. The number of aromatic nitrogens is 2. The van der Waals surface area contributed by atoms with Crippen LogP contribution >= 0.6 is 11.3 Å². The van der Waals surface area contributed by atoms with Crippen molar-refractivity contribution >= 4 is 55.1 Å². The predicted octanol–water partition coefficient (Wildman–Crippen LogP) is 6.26. The van der Waals surface area contributed by atoms with Gasteiger partial charge in [0.1, 0.15) is 0 Å². The number of hydrogen-bond donors (Lipinski definition) is 3. The molecule has 7 nitrogen and oxygen atoms in total. The quantitative estimate of drug-likeness (QED) is 0.264. The molecule has 2 aliphatic carbocycles. The Morgan fingerprint density at radius 2 is 1.68 bits per heavy atom. The first-order chi connectivity index (χ1) is 18.6. The summed E-state index contributed by atoms with van der Waals surface area (Å²) in [5, 5.41) is 11.6. The first kappa shape index (κ1) is 24.9. The molecule has 8 heteroatoms. The van der Waals surface area contributed by atoms with E-state index in [-0.39, 0.29) is 23.7 Å². The number of nitrogens with one attached hydrogen (secondary N) is 3. The van der Waals surface area contributed by atoms with Gasteiger partial charge in [0.2, 0.25) is 11.8 Å². The van der Waals surface area contributed by atoms with Crippen LogP contribution in [0.2, 0.25) is 0 Å². The van der Waals surface area contributed by atoms with Crippen LogP contribution in [0.5, 0.6) is 0 Å². The Hall–Kier alpha value is -3.36. The SMILES string of the molecule is O=C(Nc1ccc2nc(NC(=O)[C@@H]3CCC[C@H](NCc4ccnc5ccccc45)C3)sc2c1)C1CCCC1. The smallest absolute Gasteiger partial charge is 0.229 e. The second-order valence-electron chi connectivity index (χ2n) is 10.6. The first-order valence-corrected chi connectivity index (χ1v) is 14.5.